The summed E-state index contributed by atoms with van der Waals surface area (Å²) in [5.41, 5.74) is 0.0670. The van der Waals surface area contributed by atoms with E-state index in [2.05, 4.69) is 5.32 Å². The Kier molecular flexibility index (Phi) is 4.47. The number of nitrogens with zero attached hydrogens (tertiary/aromatic N) is 1. The Morgan fingerprint density at radius 2 is 1.79 bits per heavy atom. The van der Waals surface area contributed by atoms with Crippen molar-refractivity contribution in [2.24, 2.45) is 0 Å². The molecule has 0 saturated carbocycles. The molecule has 2 amide bonds. The number of amides is 2. The van der Waals surface area contributed by atoms with Crippen LogP contribution in [0.25, 0.3) is 0 Å². The zero-order chi connectivity index (χ0) is 14.5. The van der Waals surface area contributed by atoms with Crippen molar-refractivity contribution in [3.63, 3.8) is 0 Å². The second-order valence-electron chi connectivity index (χ2n) is 3.42. The Bertz CT molecular complexity index is 535. The topological polar surface area (TPSA) is 82.0 Å². The van der Waals surface area contributed by atoms with Crippen LogP contribution in [0.5, 0.6) is 0 Å². The fraction of sp³-hybridized carbons (Fsp3) is 0.182. The maximum atomic E-state index is 12.0. The molecule has 0 unspecified atom stereocenters. The average Bonchev–Trinajstić information content (AvgIpc) is 2.28. The van der Waals surface area contributed by atoms with Crippen LogP contribution in [0.15, 0.2) is 24.3 Å². The van der Waals surface area contributed by atoms with E-state index in [1.165, 1.54) is 18.2 Å². The summed E-state index contributed by atoms with van der Waals surface area (Å²) in [5, 5.41) is 12.2. The lowest BCUT2D eigenvalue weighted by Crippen LogP contribution is -2.29. The standard InChI is InChI=1S/C11H8F3N3O2/c12-11(13,14)10(19)17-8-3-1-2-7(6-8)16-9(18)4-5-15/h1-3,6H,4H2,(H,16,18)(H,17,19). The molecule has 100 valence electrons. The maximum Gasteiger partial charge on any atom is 0.471 e. The van der Waals surface area contributed by atoms with Crippen LogP contribution in [0.1, 0.15) is 6.42 Å². The number of halogens is 3. The molecule has 0 aliphatic carbocycles. The highest BCUT2D eigenvalue weighted by Crippen LogP contribution is 2.20. The monoisotopic (exact) mass is 271 g/mol. The number of nitriles is 1. The molecule has 1 aromatic rings. The SMILES string of the molecule is N#CCC(=O)Nc1cccc(NC(=O)C(F)(F)F)c1. The summed E-state index contributed by atoms with van der Waals surface area (Å²) in [6, 6.07) is 6.79. The molecule has 0 bridgehead atoms. The molecule has 0 aromatic heterocycles. The molecule has 0 fully saturated rings. The third kappa shape index (κ3) is 4.67. The summed E-state index contributed by atoms with van der Waals surface area (Å²) < 4.78 is 36.1. The van der Waals surface area contributed by atoms with E-state index in [9.17, 15) is 22.8 Å². The van der Waals surface area contributed by atoms with E-state index in [0.29, 0.717) is 0 Å². The van der Waals surface area contributed by atoms with Crippen molar-refractivity contribution in [3.05, 3.63) is 24.3 Å². The molecular formula is C11H8F3N3O2. The van der Waals surface area contributed by atoms with Gasteiger partial charge in [0.25, 0.3) is 0 Å². The van der Waals surface area contributed by atoms with Gasteiger partial charge in [0.1, 0.15) is 6.42 Å². The van der Waals surface area contributed by atoms with Crippen LogP contribution in [0.3, 0.4) is 0 Å². The van der Waals surface area contributed by atoms with Gasteiger partial charge in [-0.2, -0.15) is 18.4 Å². The van der Waals surface area contributed by atoms with Crippen molar-refractivity contribution in [3.8, 4) is 6.07 Å². The minimum Gasteiger partial charge on any atom is -0.325 e. The van der Waals surface area contributed by atoms with Crippen molar-refractivity contribution in [1.29, 1.82) is 5.26 Å². The zero-order valence-corrected chi connectivity index (χ0v) is 9.41. The molecule has 0 aliphatic rings. The van der Waals surface area contributed by atoms with Crippen molar-refractivity contribution in [2.45, 2.75) is 12.6 Å². The van der Waals surface area contributed by atoms with Crippen LogP contribution in [0.2, 0.25) is 0 Å². The number of anilines is 2. The molecule has 2 N–H and O–H groups in total. The van der Waals surface area contributed by atoms with Gasteiger partial charge in [0.2, 0.25) is 5.91 Å². The lowest BCUT2D eigenvalue weighted by molar-refractivity contribution is -0.167. The van der Waals surface area contributed by atoms with Gasteiger partial charge in [-0.25, -0.2) is 0 Å². The molecule has 19 heavy (non-hydrogen) atoms. The van der Waals surface area contributed by atoms with Crippen molar-refractivity contribution in [2.75, 3.05) is 10.6 Å². The first-order valence-corrected chi connectivity index (χ1v) is 4.98. The van der Waals surface area contributed by atoms with Crippen molar-refractivity contribution < 1.29 is 22.8 Å². The van der Waals surface area contributed by atoms with E-state index in [-0.39, 0.29) is 17.8 Å². The zero-order valence-electron chi connectivity index (χ0n) is 9.41. The van der Waals surface area contributed by atoms with Gasteiger partial charge in [-0.1, -0.05) is 6.07 Å². The van der Waals surface area contributed by atoms with Gasteiger partial charge in [-0.15, -0.1) is 0 Å². The van der Waals surface area contributed by atoms with Crippen LogP contribution < -0.4 is 10.6 Å². The summed E-state index contributed by atoms with van der Waals surface area (Å²) in [6.45, 7) is 0. The molecule has 5 nitrogen and oxygen atoms in total. The number of alkyl halides is 3. The van der Waals surface area contributed by atoms with Crippen LogP contribution in [0.4, 0.5) is 24.5 Å². The molecule has 1 aromatic carbocycles. The highest BCUT2D eigenvalue weighted by atomic mass is 19.4. The minimum atomic E-state index is -4.99. The predicted octanol–water partition coefficient (Wildman–Crippen LogP) is 2.04. The maximum absolute atomic E-state index is 12.0. The van der Waals surface area contributed by atoms with E-state index < -0.39 is 18.0 Å². The van der Waals surface area contributed by atoms with Crippen molar-refractivity contribution in [1.82, 2.24) is 0 Å². The summed E-state index contributed by atoms with van der Waals surface area (Å²) >= 11 is 0. The van der Waals surface area contributed by atoms with Crippen molar-refractivity contribution >= 4 is 23.2 Å². The first-order chi connectivity index (χ1) is 8.82. The quantitative estimate of drug-likeness (QED) is 0.882. The van der Waals surface area contributed by atoms with Gasteiger partial charge in [-0.05, 0) is 18.2 Å². The van der Waals surface area contributed by atoms with Gasteiger partial charge < -0.3 is 10.6 Å². The lowest BCUT2D eigenvalue weighted by Gasteiger charge is -2.09. The number of benzene rings is 1. The second kappa shape index (κ2) is 5.86. The first kappa shape index (κ1) is 14.5. The van der Waals surface area contributed by atoms with Crippen LogP contribution >= 0.6 is 0 Å². The summed E-state index contributed by atoms with van der Waals surface area (Å²) in [6.07, 6.45) is -5.36. The van der Waals surface area contributed by atoms with E-state index in [1.807, 2.05) is 0 Å². The first-order valence-electron chi connectivity index (χ1n) is 4.98. The fourth-order valence-corrected chi connectivity index (χ4v) is 1.15. The Morgan fingerprint density at radius 3 is 2.32 bits per heavy atom. The molecule has 0 saturated heterocycles. The summed E-state index contributed by atoms with van der Waals surface area (Å²) in [7, 11) is 0. The van der Waals surface area contributed by atoms with Crippen LogP contribution in [-0.4, -0.2) is 18.0 Å². The highest BCUT2D eigenvalue weighted by Gasteiger charge is 2.38. The molecule has 0 radical (unpaired) electrons. The number of hydrogen-bond donors (Lipinski definition) is 2. The van der Waals surface area contributed by atoms with Gasteiger partial charge in [0.15, 0.2) is 0 Å². The van der Waals surface area contributed by atoms with Crippen LogP contribution in [0, 0.1) is 11.3 Å². The highest BCUT2D eigenvalue weighted by molar-refractivity contribution is 5.96. The Hall–Kier alpha value is -2.56. The molecule has 0 atom stereocenters. The Balaban J connectivity index is 2.76. The third-order valence-electron chi connectivity index (χ3n) is 1.90. The number of carbonyl (C=O) groups is 2. The Labute approximate surface area is 106 Å². The normalized spacial score (nSPS) is 10.4. The van der Waals surface area contributed by atoms with Gasteiger partial charge in [-0.3, -0.25) is 9.59 Å². The van der Waals surface area contributed by atoms with E-state index in [0.717, 1.165) is 6.07 Å². The van der Waals surface area contributed by atoms with E-state index in [4.69, 9.17) is 5.26 Å². The summed E-state index contributed by atoms with van der Waals surface area (Å²) in [4.78, 5) is 21.8. The predicted molar refractivity (Wildman–Crippen MR) is 60.0 cm³/mol. The molecule has 0 heterocycles. The second-order valence-corrected chi connectivity index (χ2v) is 3.42. The summed E-state index contributed by atoms with van der Waals surface area (Å²) in [5.74, 6) is -2.70. The molecule has 8 heteroatoms. The number of nitrogens with one attached hydrogen (secondary N) is 2. The van der Waals surface area contributed by atoms with Gasteiger partial charge in [0.05, 0.1) is 6.07 Å². The smallest absolute Gasteiger partial charge is 0.325 e. The minimum absolute atomic E-state index is 0.114. The van der Waals surface area contributed by atoms with Crippen LogP contribution in [-0.2, 0) is 9.59 Å². The molecule has 0 aliphatic heterocycles. The third-order valence-corrected chi connectivity index (χ3v) is 1.90. The number of hydrogen-bond acceptors (Lipinski definition) is 3. The number of rotatable bonds is 3. The fourth-order valence-electron chi connectivity index (χ4n) is 1.15. The van der Waals surface area contributed by atoms with E-state index in [1.54, 1.807) is 11.4 Å². The molecule has 0 spiro atoms. The average molecular weight is 271 g/mol. The molecule has 1 rings (SSSR count). The van der Waals surface area contributed by atoms with Gasteiger partial charge in [0, 0.05) is 11.4 Å². The molecular weight excluding hydrogens is 263 g/mol. The van der Waals surface area contributed by atoms with E-state index >= 15 is 0 Å². The number of carbonyl (C=O) groups excluding carboxylic acids is 2. The van der Waals surface area contributed by atoms with Gasteiger partial charge >= 0.3 is 12.1 Å². The largest absolute Gasteiger partial charge is 0.471 e. The lowest BCUT2D eigenvalue weighted by atomic mass is 10.2. The Morgan fingerprint density at radius 1 is 1.21 bits per heavy atom.